The minimum Gasteiger partial charge on any atom is -0.489 e. The lowest BCUT2D eigenvalue weighted by atomic mass is 10.1. The van der Waals surface area contributed by atoms with Crippen molar-refractivity contribution in [2.24, 2.45) is 0 Å². The lowest BCUT2D eigenvalue weighted by Crippen LogP contribution is -2.34. The van der Waals surface area contributed by atoms with Crippen molar-refractivity contribution in [1.82, 2.24) is 10.2 Å². The summed E-state index contributed by atoms with van der Waals surface area (Å²) in [6.07, 6.45) is 1.23. The minimum atomic E-state index is 0.561. The Kier molecular flexibility index (Phi) is 5.31. The summed E-state index contributed by atoms with van der Waals surface area (Å²) < 4.78 is 5.99. The molecule has 1 unspecified atom stereocenters. The Morgan fingerprint density at radius 3 is 2.91 bits per heavy atom. The van der Waals surface area contributed by atoms with Gasteiger partial charge in [-0.25, -0.2) is 0 Å². The summed E-state index contributed by atoms with van der Waals surface area (Å²) in [5.41, 5.74) is 1.09. The van der Waals surface area contributed by atoms with Crippen LogP contribution in [0.1, 0.15) is 13.3 Å². The molecule has 2 aromatic carbocycles. The highest BCUT2D eigenvalue weighted by atomic mass is 16.5. The van der Waals surface area contributed by atoms with Crippen LogP contribution >= 0.6 is 0 Å². The number of hydrogen-bond donors (Lipinski definition) is 1. The highest BCUT2D eigenvalue weighted by molar-refractivity contribution is 5.88. The lowest BCUT2D eigenvalue weighted by Gasteiger charge is -2.16. The van der Waals surface area contributed by atoms with Gasteiger partial charge in [0, 0.05) is 24.5 Å². The zero-order chi connectivity index (χ0) is 16.1. The zero-order valence-electron chi connectivity index (χ0n) is 13.9. The molecule has 3 heteroatoms. The molecule has 1 saturated heterocycles. The van der Waals surface area contributed by atoms with Crippen LogP contribution in [-0.2, 0) is 0 Å². The van der Waals surface area contributed by atoms with Gasteiger partial charge in [-0.3, -0.25) is 0 Å². The molecule has 0 amide bonds. The Hall–Kier alpha value is -1.84. The summed E-state index contributed by atoms with van der Waals surface area (Å²) >= 11 is 0. The van der Waals surface area contributed by atoms with Crippen molar-refractivity contribution in [2.45, 2.75) is 19.4 Å². The highest BCUT2D eigenvalue weighted by Crippen LogP contribution is 2.25. The first-order valence-corrected chi connectivity index (χ1v) is 8.49. The number of rotatable bonds is 7. The van der Waals surface area contributed by atoms with E-state index >= 15 is 0 Å². The first kappa shape index (κ1) is 16.0. The summed E-state index contributed by atoms with van der Waals surface area (Å²) in [5, 5.41) is 5.96. The summed E-state index contributed by atoms with van der Waals surface area (Å²) in [7, 11) is 0. The molecule has 1 atom stereocenters. The molecule has 1 aliphatic heterocycles. The summed E-state index contributed by atoms with van der Waals surface area (Å²) in [5.74, 6) is 0.933. The van der Waals surface area contributed by atoms with Gasteiger partial charge in [-0.05, 0) is 36.5 Å². The molecule has 23 heavy (non-hydrogen) atoms. The van der Waals surface area contributed by atoms with Gasteiger partial charge in [0.05, 0.1) is 0 Å². The van der Waals surface area contributed by atoms with E-state index in [4.69, 9.17) is 4.74 Å². The molecule has 0 aromatic heterocycles. The van der Waals surface area contributed by atoms with Crippen molar-refractivity contribution in [1.29, 1.82) is 0 Å². The average molecular weight is 310 g/mol. The normalized spacial score (nSPS) is 18.4. The maximum absolute atomic E-state index is 5.99. The number of hydrogen-bond acceptors (Lipinski definition) is 3. The van der Waals surface area contributed by atoms with Gasteiger partial charge in [-0.1, -0.05) is 49.9 Å². The van der Waals surface area contributed by atoms with Gasteiger partial charge in [-0.15, -0.1) is 0 Å². The second-order valence-electron chi connectivity index (χ2n) is 6.28. The molecular formula is C20H26N2O. The molecule has 0 radical (unpaired) electrons. The molecule has 122 valence electrons. The number of nitrogens with one attached hydrogen (secondary N) is 1. The van der Waals surface area contributed by atoms with Crippen LogP contribution in [0.4, 0.5) is 0 Å². The van der Waals surface area contributed by atoms with E-state index in [0.29, 0.717) is 12.6 Å². The Labute approximate surface area is 138 Å². The number of ether oxygens (including phenoxy) is 1. The molecule has 3 rings (SSSR count). The lowest BCUT2D eigenvalue weighted by molar-refractivity contribution is 0.339. The van der Waals surface area contributed by atoms with Crippen molar-refractivity contribution in [3.05, 3.63) is 54.6 Å². The van der Waals surface area contributed by atoms with Crippen LogP contribution in [0.5, 0.6) is 5.75 Å². The predicted octanol–water partition coefficient (Wildman–Crippen LogP) is 3.46. The van der Waals surface area contributed by atoms with Crippen LogP contribution in [-0.4, -0.2) is 43.7 Å². The molecule has 3 nitrogen and oxygen atoms in total. The molecule has 1 aliphatic rings. The van der Waals surface area contributed by atoms with Gasteiger partial charge in [-0.2, -0.15) is 0 Å². The summed E-state index contributed by atoms with van der Waals surface area (Å²) in [6.45, 7) is 11.2. The van der Waals surface area contributed by atoms with Gasteiger partial charge >= 0.3 is 0 Å². The fourth-order valence-electron chi connectivity index (χ4n) is 3.13. The molecule has 2 aromatic rings. The highest BCUT2D eigenvalue weighted by Gasteiger charge is 2.20. The standard InChI is InChI=1S/C20H26N2O/c1-3-22-12-11-18(14-22)21-13-16(2)15-23-20-10-6-8-17-7-4-5-9-19(17)20/h4-10,18,21H,2-3,11-15H2,1H3. The molecule has 1 fully saturated rings. The van der Waals surface area contributed by atoms with Crippen molar-refractivity contribution < 1.29 is 4.74 Å². The van der Waals surface area contributed by atoms with Gasteiger partial charge in [0.1, 0.15) is 12.4 Å². The van der Waals surface area contributed by atoms with Crippen LogP contribution in [0.2, 0.25) is 0 Å². The fraction of sp³-hybridized carbons (Fsp3) is 0.400. The summed E-state index contributed by atoms with van der Waals surface area (Å²) in [6, 6.07) is 15.1. The van der Waals surface area contributed by atoms with E-state index in [1.165, 1.54) is 18.4 Å². The first-order chi connectivity index (χ1) is 11.3. The van der Waals surface area contributed by atoms with E-state index < -0.39 is 0 Å². The number of nitrogens with zero attached hydrogens (tertiary/aromatic N) is 1. The van der Waals surface area contributed by atoms with Gasteiger partial charge in [0.2, 0.25) is 0 Å². The molecule has 0 spiro atoms. The zero-order valence-corrected chi connectivity index (χ0v) is 13.9. The fourth-order valence-corrected chi connectivity index (χ4v) is 3.13. The summed E-state index contributed by atoms with van der Waals surface area (Å²) in [4.78, 5) is 2.48. The van der Waals surface area contributed by atoms with Crippen LogP contribution in [0, 0.1) is 0 Å². The number of fused-ring (bicyclic) bond motifs is 1. The van der Waals surface area contributed by atoms with Crippen molar-refractivity contribution in [2.75, 3.05) is 32.8 Å². The van der Waals surface area contributed by atoms with E-state index in [0.717, 1.165) is 36.3 Å². The number of likely N-dealkylation sites (N-methyl/N-ethyl adjacent to an activating group) is 1. The average Bonchev–Trinajstić information content (AvgIpc) is 3.06. The first-order valence-electron chi connectivity index (χ1n) is 8.49. The van der Waals surface area contributed by atoms with Gasteiger partial charge in [0.15, 0.2) is 0 Å². The third-order valence-corrected chi connectivity index (χ3v) is 4.54. The Balaban J connectivity index is 1.49. The molecular weight excluding hydrogens is 284 g/mol. The smallest absolute Gasteiger partial charge is 0.127 e. The molecule has 0 bridgehead atoms. The van der Waals surface area contributed by atoms with Gasteiger partial charge < -0.3 is 15.0 Å². The number of benzene rings is 2. The van der Waals surface area contributed by atoms with Crippen molar-refractivity contribution in [3.63, 3.8) is 0 Å². The second kappa shape index (κ2) is 7.62. The van der Waals surface area contributed by atoms with Crippen LogP contribution in [0.3, 0.4) is 0 Å². The Morgan fingerprint density at radius 1 is 1.26 bits per heavy atom. The molecule has 1 N–H and O–H groups in total. The van der Waals surface area contributed by atoms with E-state index in [9.17, 15) is 0 Å². The molecule has 1 heterocycles. The van der Waals surface area contributed by atoms with Crippen molar-refractivity contribution >= 4 is 10.8 Å². The Bertz CT molecular complexity index is 662. The topological polar surface area (TPSA) is 24.5 Å². The Morgan fingerprint density at radius 2 is 2.09 bits per heavy atom. The predicted molar refractivity (Wildman–Crippen MR) is 97.1 cm³/mol. The second-order valence-corrected chi connectivity index (χ2v) is 6.28. The molecule has 0 saturated carbocycles. The van der Waals surface area contributed by atoms with Gasteiger partial charge in [0.25, 0.3) is 0 Å². The van der Waals surface area contributed by atoms with Crippen LogP contribution in [0.25, 0.3) is 10.8 Å². The quantitative estimate of drug-likeness (QED) is 0.793. The monoisotopic (exact) mass is 310 g/mol. The van der Waals surface area contributed by atoms with Crippen LogP contribution < -0.4 is 10.1 Å². The van der Waals surface area contributed by atoms with Crippen LogP contribution in [0.15, 0.2) is 54.6 Å². The van der Waals surface area contributed by atoms with E-state index in [2.05, 4.69) is 48.0 Å². The maximum Gasteiger partial charge on any atom is 0.127 e. The third-order valence-electron chi connectivity index (χ3n) is 4.54. The maximum atomic E-state index is 5.99. The number of likely N-dealkylation sites (tertiary alicyclic amines) is 1. The van der Waals surface area contributed by atoms with E-state index in [1.54, 1.807) is 0 Å². The third kappa shape index (κ3) is 4.12. The minimum absolute atomic E-state index is 0.561. The van der Waals surface area contributed by atoms with E-state index in [1.807, 2.05) is 18.2 Å². The molecule has 0 aliphatic carbocycles. The largest absolute Gasteiger partial charge is 0.489 e. The van der Waals surface area contributed by atoms with Crippen molar-refractivity contribution in [3.8, 4) is 5.75 Å². The van der Waals surface area contributed by atoms with E-state index in [-0.39, 0.29) is 0 Å². The SMILES string of the molecule is C=C(CNC1CCN(CC)C1)COc1cccc2ccccc12.